The lowest BCUT2D eigenvalue weighted by Gasteiger charge is -2.07. The van der Waals surface area contributed by atoms with Crippen molar-refractivity contribution in [2.24, 2.45) is 0 Å². The molecule has 0 aliphatic heterocycles. The Morgan fingerprint density at radius 1 is 0.800 bits per heavy atom. The summed E-state index contributed by atoms with van der Waals surface area (Å²) >= 11 is 0. The van der Waals surface area contributed by atoms with Gasteiger partial charge < -0.3 is 0 Å². The van der Waals surface area contributed by atoms with Crippen LogP contribution in [0, 0.1) is 0 Å². The van der Waals surface area contributed by atoms with Crippen molar-refractivity contribution < 1.29 is 35.6 Å². The molecule has 0 spiro atoms. The van der Waals surface area contributed by atoms with E-state index in [2.05, 4.69) is 0 Å². The standard InChI is InChI=1S/C7H3F7N/c8-6(9,10)4-1-5(7(11,12)13)3-15(14)2-4/h1-3H/q+1. The molecule has 0 aromatic carbocycles. The number of rotatable bonds is 0. The second-order valence-electron chi connectivity index (χ2n) is 2.65. The summed E-state index contributed by atoms with van der Waals surface area (Å²) in [5.74, 6) is 0. The number of halogens is 7. The van der Waals surface area contributed by atoms with Crippen LogP contribution >= 0.6 is 0 Å². The fourth-order valence-corrected chi connectivity index (χ4v) is 0.855. The summed E-state index contributed by atoms with van der Waals surface area (Å²) in [7, 11) is 0. The first kappa shape index (κ1) is 11.7. The molecule has 15 heavy (non-hydrogen) atoms. The molecule has 0 unspecified atom stereocenters. The topological polar surface area (TPSA) is 3.88 Å². The quantitative estimate of drug-likeness (QED) is 0.607. The van der Waals surface area contributed by atoms with Crippen LogP contribution in [0.15, 0.2) is 18.5 Å². The van der Waals surface area contributed by atoms with Gasteiger partial charge in [-0.1, -0.05) is 0 Å². The van der Waals surface area contributed by atoms with Crippen LogP contribution < -0.4 is 4.79 Å². The number of hydrogen-bond acceptors (Lipinski definition) is 0. The zero-order chi connectivity index (χ0) is 11.9. The van der Waals surface area contributed by atoms with Gasteiger partial charge in [0.05, 0.1) is 4.48 Å². The summed E-state index contributed by atoms with van der Waals surface area (Å²) in [6.45, 7) is 0. The van der Waals surface area contributed by atoms with Gasteiger partial charge in [0.25, 0.3) is 0 Å². The minimum absolute atomic E-state index is 0.0742. The Balaban J connectivity index is 3.30. The monoisotopic (exact) mass is 234 g/mol. The third-order valence-electron chi connectivity index (χ3n) is 1.49. The third-order valence-corrected chi connectivity index (χ3v) is 1.49. The molecule has 0 atom stereocenters. The highest BCUT2D eigenvalue weighted by atomic mass is 19.4. The second-order valence-corrected chi connectivity index (χ2v) is 2.65. The molecule has 0 bridgehead atoms. The zero-order valence-electron chi connectivity index (χ0n) is 6.83. The van der Waals surface area contributed by atoms with Crippen molar-refractivity contribution in [2.75, 3.05) is 0 Å². The van der Waals surface area contributed by atoms with E-state index in [1.54, 1.807) is 0 Å². The fourth-order valence-electron chi connectivity index (χ4n) is 0.855. The van der Waals surface area contributed by atoms with E-state index in [-0.39, 0.29) is 18.5 Å². The largest absolute Gasteiger partial charge is 0.422 e. The molecule has 0 saturated heterocycles. The molecule has 1 heterocycles. The zero-order valence-corrected chi connectivity index (χ0v) is 6.83. The van der Waals surface area contributed by atoms with Gasteiger partial charge in [0, 0.05) is 4.79 Å². The van der Waals surface area contributed by atoms with Crippen LogP contribution in [0.2, 0.25) is 0 Å². The smallest absolute Gasteiger partial charge is 0.166 e. The second kappa shape index (κ2) is 3.35. The molecule has 0 saturated carbocycles. The fraction of sp³-hybridized carbons (Fsp3) is 0.286. The SMILES string of the molecule is F[n+]1cc(C(F)(F)F)cc(C(F)(F)F)c1. The molecule has 84 valence electrons. The maximum absolute atomic E-state index is 12.4. The molecule has 0 N–H and O–H groups in total. The molecule has 1 nitrogen and oxygen atoms in total. The molecule has 0 fully saturated rings. The van der Waals surface area contributed by atoms with Crippen LogP contribution in [-0.2, 0) is 12.4 Å². The first-order valence-corrected chi connectivity index (χ1v) is 3.47. The predicted molar refractivity (Wildman–Crippen MR) is 33.1 cm³/mol. The lowest BCUT2D eigenvalue weighted by Crippen LogP contribution is -2.27. The highest BCUT2D eigenvalue weighted by Gasteiger charge is 2.40. The van der Waals surface area contributed by atoms with Gasteiger partial charge in [-0.2, -0.15) is 26.3 Å². The average molecular weight is 234 g/mol. The maximum Gasteiger partial charge on any atom is 0.422 e. The van der Waals surface area contributed by atoms with Crippen molar-refractivity contribution in [3.05, 3.63) is 29.6 Å². The Labute approximate surface area is 78.7 Å². The van der Waals surface area contributed by atoms with Crippen molar-refractivity contribution >= 4 is 0 Å². The average Bonchev–Trinajstić information content (AvgIpc) is 1.99. The molecule has 8 heteroatoms. The number of alkyl halides is 6. The molecule has 1 aromatic rings. The number of hydrogen-bond donors (Lipinski definition) is 0. The van der Waals surface area contributed by atoms with E-state index in [1.807, 2.05) is 0 Å². The van der Waals surface area contributed by atoms with Crippen molar-refractivity contribution in [1.29, 1.82) is 0 Å². The van der Waals surface area contributed by atoms with E-state index in [4.69, 9.17) is 0 Å². The summed E-state index contributed by atoms with van der Waals surface area (Å²) in [4.78, 5) is -0.772. The summed E-state index contributed by atoms with van der Waals surface area (Å²) < 4.78 is 84.3. The van der Waals surface area contributed by atoms with Gasteiger partial charge in [0.15, 0.2) is 0 Å². The van der Waals surface area contributed by atoms with Crippen molar-refractivity contribution in [3.63, 3.8) is 0 Å². The minimum atomic E-state index is -5.02. The van der Waals surface area contributed by atoms with E-state index < -0.39 is 28.3 Å². The molecular formula is C7H3F7N+. The normalized spacial score (nSPS) is 13.0. The molecule has 0 aliphatic rings. The van der Waals surface area contributed by atoms with Crippen LogP contribution in [0.4, 0.5) is 30.8 Å². The molecule has 0 amide bonds. The summed E-state index contributed by atoms with van der Waals surface area (Å²) in [6, 6.07) is -0.157. The summed E-state index contributed by atoms with van der Waals surface area (Å²) in [6.07, 6.45) is -10.2. The lowest BCUT2D eigenvalue weighted by atomic mass is 10.2. The highest BCUT2D eigenvalue weighted by molar-refractivity contribution is 5.20. The van der Waals surface area contributed by atoms with Crippen LogP contribution in [0.1, 0.15) is 11.1 Å². The molecule has 0 aliphatic carbocycles. The van der Waals surface area contributed by atoms with Gasteiger partial charge in [-0.05, 0) is 6.07 Å². The number of aromatic nitrogens is 1. The molecule has 0 radical (unpaired) electrons. The van der Waals surface area contributed by atoms with Crippen LogP contribution in [-0.4, -0.2) is 0 Å². The van der Waals surface area contributed by atoms with Crippen molar-refractivity contribution in [3.8, 4) is 0 Å². The highest BCUT2D eigenvalue weighted by Crippen LogP contribution is 2.33. The number of nitrogens with zero attached hydrogens (tertiary/aromatic N) is 1. The summed E-state index contributed by atoms with van der Waals surface area (Å²) in [5, 5.41) is 0. The first-order valence-electron chi connectivity index (χ1n) is 3.47. The van der Waals surface area contributed by atoms with Gasteiger partial charge in [-0.25, -0.2) is 0 Å². The van der Waals surface area contributed by atoms with Gasteiger partial charge >= 0.3 is 12.4 Å². The Kier molecular flexibility index (Phi) is 2.62. The van der Waals surface area contributed by atoms with Crippen LogP contribution in [0.5, 0.6) is 0 Å². The summed E-state index contributed by atoms with van der Waals surface area (Å²) in [5.41, 5.74) is -3.39. The van der Waals surface area contributed by atoms with E-state index in [0.29, 0.717) is 0 Å². The Hall–Kier alpha value is -1.34. The Bertz CT molecular complexity index is 332. The van der Waals surface area contributed by atoms with Crippen molar-refractivity contribution in [1.82, 2.24) is 0 Å². The number of pyridine rings is 1. The van der Waals surface area contributed by atoms with E-state index in [0.717, 1.165) is 0 Å². The van der Waals surface area contributed by atoms with Gasteiger partial charge in [-0.15, -0.1) is 0 Å². The molecule has 1 aromatic heterocycles. The lowest BCUT2D eigenvalue weighted by molar-refractivity contribution is -0.845. The van der Waals surface area contributed by atoms with Crippen molar-refractivity contribution in [2.45, 2.75) is 12.4 Å². The van der Waals surface area contributed by atoms with Gasteiger partial charge in [0.2, 0.25) is 12.4 Å². The first-order chi connectivity index (χ1) is 6.60. The third kappa shape index (κ3) is 2.80. The van der Waals surface area contributed by atoms with Crippen LogP contribution in [0.3, 0.4) is 0 Å². The van der Waals surface area contributed by atoms with Gasteiger partial charge in [0.1, 0.15) is 11.1 Å². The Morgan fingerprint density at radius 2 is 1.13 bits per heavy atom. The Morgan fingerprint density at radius 3 is 1.40 bits per heavy atom. The van der Waals surface area contributed by atoms with E-state index in [1.165, 1.54) is 0 Å². The van der Waals surface area contributed by atoms with E-state index in [9.17, 15) is 30.8 Å². The molecule has 1 rings (SSSR count). The van der Waals surface area contributed by atoms with Gasteiger partial charge in [-0.3, -0.25) is 0 Å². The predicted octanol–water partition coefficient (Wildman–Crippen LogP) is 2.74. The van der Waals surface area contributed by atoms with Crippen LogP contribution in [0.25, 0.3) is 0 Å². The maximum atomic E-state index is 12.4. The van der Waals surface area contributed by atoms with E-state index >= 15 is 0 Å². The molecular weight excluding hydrogens is 231 g/mol. The minimum Gasteiger partial charge on any atom is -0.166 e.